The van der Waals surface area contributed by atoms with Crippen LogP contribution in [0, 0.1) is 16.0 Å². The maximum absolute atomic E-state index is 13.4. The summed E-state index contributed by atoms with van der Waals surface area (Å²) in [5, 5.41) is 18.7. The maximum atomic E-state index is 13.4. The number of nitrogens with zero attached hydrogens (tertiary/aromatic N) is 3. The number of hydrogen-bond acceptors (Lipinski definition) is 5. The van der Waals surface area contributed by atoms with Gasteiger partial charge >= 0.3 is 0 Å². The second-order valence-electron chi connectivity index (χ2n) is 8.98. The highest BCUT2D eigenvalue weighted by Crippen LogP contribution is 2.38. The van der Waals surface area contributed by atoms with E-state index in [4.69, 9.17) is 4.74 Å². The van der Waals surface area contributed by atoms with Crippen LogP contribution < -0.4 is 0 Å². The van der Waals surface area contributed by atoms with Gasteiger partial charge in [-0.25, -0.2) is 0 Å². The zero-order chi connectivity index (χ0) is 20.0. The van der Waals surface area contributed by atoms with Gasteiger partial charge in [0.25, 0.3) is 5.91 Å². The lowest BCUT2D eigenvalue weighted by molar-refractivity contribution is -0.538. The third-order valence-electron chi connectivity index (χ3n) is 7.11. The average molecular weight is 400 g/mol. The Labute approximate surface area is 169 Å². The smallest absolute Gasteiger partial charge is 0.289 e. The Bertz CT molecular complexity index is 830. The van der Waals surface area contributed by atoms with Gasteiger partial charge in [-0.3, -0.25) is 20.0 Å². The van der Waals surface area contributed by atoms with E-state index in [-0.39, 0.29) is 28.9 Å². The zero-order valence-electron chi connectivity index (χ0n) is 16.6. The number of ether oxygens (including phenoxy) is 1. The van der Waals surface area contributed by atoms with Gasteiger partial charge in [0.15, 0.2) is 5.76 Å². The summed E-state index contributed by atoms with van der Waals surface area (Å²) in [5.41, 5.74) is 2.39. The Morgan fingerprint density at radius 2 is 2.03 bits per heavy atom. The van der Waals surface area contributed by atoms with Crippen molar-refractivity contribution < 1.29 is 14.5 Å². The predicted octanol–water partition coefficient (Wildman–Crippen LogP) is 2.77. The third-order valence-corrected chi connectivity index (χ3v) is 7.11. The number of fused-ring (bicyclic) bond motifs is 1. The van der Waals surface area contributed by atoms with Crippen molar-refractivity contribution in [3.05, 3.63) is 39.4 Å². The van der Waals surface area contributed by atoms with Crippen LogP contribution in [0.2, 0.25) is 0 Å². The number of rotatable bonds is 5. The Morgan fingerprint density at radius 1 is 1.21 bits per heavy atom. The first-order valence-corrected chi connectivity index (χ1v) is 11.0. The van der Waals surface area contributed by atoms with E-state index in [2.05, 4.69) is 10.2 Å². The van der Waals surface area contributed by atoms with E-state index in [0.717, 1.165) is 51.4 Å². The molecule has 5 rings (SSSR count). The fourth-order valence-corrected chi connectivity index (χ4v) is 5.46. The second-order valence-corrected chi connectivity index (χ2v) is 8.98. The summed E-state index contributed by atoms with van der Waals surface area (Å²) in [6.07, 6.45) is 12.2. The number of hydrogen-bond donors (Lipinski definition) is 1. The van der Waals surface area contributed by atoms with Crippen LogP contribution >= 0.6 is 0 Å². The van der Waals surface area contributed by atoms with Crippen molar-refractivity contribution in [1.29, 1.82) is 0 Å². The van der Waals surface area contributed by atoms with E-state index in [1.54, 1.807) is 0 Å². The number of carbonyl (C=O) groups is 1. The van der Waals surface area contributed by atoms with Crippen LogP contribution in [-0.4, -0.2) is 50.2 Å². The molecule has 2 fully saturated rings. The third kappa shape index (κ3) is 3.53. The molecule has 4 aliphatic rings. The minimum absolute atomic E-state index is 0.0274. The molecule has 2 saturated carbocycles. The first-order chi connectivity index (χ1) is 14.1. The summed E-state index contributed by atoms with van der Waals surface area (Å²) in [7, 11) is 0. The van der Waals surface area contributed by atoms with Crippen molar-refractivity contribution in [1.82, 2.24) is 15.1 Å². The molecule has 0 radical (unpaired) electrons. The molecule has 3 aliphatic carbocycles. The maximum Gasteiger partial charge on any atom is 0.289 e. The molecule has 156 valence electrons. The van der Waals surface area contributed by atoms with E-state index in [0.29, 0.717) is 24.6 Å². The molecular weight excluding hydrogens is 372 g/mol. The predicted molar refractivity (Wildman–Crippen MR) is 105 cm³/mol. The van der Waals surface area contributed by atoms with Crippen LogP contribution in [0.1, 0.15) is 62.6 Å². The van der Waals surface area contributed by atoms with Gasteiger partial charge in [0.2, 0.25) is 6.04 Å². The first-order valence-electron chi connectivity index (χ1n) is 11.0. The molecule has 4 atom stereocenters. The molecule has 0 spiro atoms. The zero-order valence-corrected chi connectivity index (χ0v) is 16.6. The van der Waals surface area contributed by atoms with Gasteiger partial charge in [0, 0.05) is 35.5 Å². The lowest BCUT2D eigenvalue weighted by Crippen LogP contribution is -2.46. The first kappa shape index (κ1) is 18.6. The molecule has 1 aromatic heterocycles. The largest absolute Gasteiger partial charge is 0.484 e. The van der Waals surface area contributed by atoms with E-state index in [1.165, 1.54) is 11.3 Å². The standard InChI is InChI=1S/C21H28N4O4/c26-21(20-10-9-19(29-20)16-3-1-2-4-18(16)25(27)28)24(14-5-6-14)15-7-8-17-13(11-15)12-22-23-17/h10,12,14-16,18-19H,1-9,11H2,(H,22,23). The minimum Gasteiger partial charge on any atom is -0.484 e. The molecule has 0 saturated heterocycles. The van der Waals surface area contributed by atoms with Crippen molar-refractivity contribution >= 4 is 5.91 Å². The molecule has 0 bridgehead atoms. The number of aryl methyl sites for hydroxylation is 1. The van der Waals surface area contributed by atoms with Crippen molar-refractivity contribution in [3.63, 3.8) is 0 Å². The lowest BCUT2D eigenvalue weighted by Gasteiger charge is -2.35. The van der Waals surface area contributed by atoms with Gasteiger partial charge in [-0.15, -0.1) is 0 Å². The molecule has 8 nitrogen and oxygen atoms in total. The normalized spacial score (nSPS) is 31.5. The fourth-order valence-electron chi connectivity index (χ4n) is 5.46. The number of aromatic nitrogens is 2. The lowest BCUT2D eigenvalue weighted by atomic mass is 9.80. The average Bonchev–Trinajstić information content (AvgIpc) is 3.25. The summed E-state index contributed by atoms with van der Waals surface area (Å²) in [6, 6.07) is -0.0791. The Morgan fingerprint density at radius 3 is 2.83 bits per heavy atom. The summed E-state index contributed by atoms with van der Waals surface area (Å²) in [6.45, 7) is 0. The molecule has 2 heterocycles. The van der Waals surface area contributed by atoms with Gasteiger partial charge in [-0.2, -0.15) is 5.10 Å². The van der Waals surface area contributed by atoms with Crippen LogP contribution in [0.25, 0.3) is 0 Å². The monoisotopic (exact) mass is 400 g/mol. The number of aromatic amines is 1. The minimum atomic E-state index is -0.547. The van der Waals surface area contributed by atoms with Gasteiger partial charge in [-0.05, 0) is 56.6 Å². The van der Waals surface area contributed by atoms with Crippen molar-refractivity contribution in [2.45, 2.75) is 88.4 Å². The molecule has 4 unspecified atom stereocenters. The van der Waals surface area contributed by atoms with Crippen LogP contribution in [0.3, 0.4) is 0 Å². The topological polar surface area (TPSA) is 101 Å². The van der Waals surface area contributed by atoms with Gasteiger partial charge < -0.3 is 9.64 Å². The molecular formula is C21H28N4O4. The van der Waals surface area contributed by atoms with E-state index in [1.807, 2.05) is 17.2 Å². The number of nitrogens with one attached hydrogen (secondary N) is 1. The Kier molecular flexibility index (Phi) is 4.80. The van der Waals surface area contributed by atoms with Crippen LogP contribution in [0.5, 0.6) is 0 Å². The van der Waals surface area contributed by atoms with Crippen molar-refractivity contribution in [3.8, 4) is 0 Å². The number of nitro groups is 1. The van der Waals surface area contributed by atoms with Gasteiger partial charge in [0.05, 0.1) is 12.1 Å². The molecule has 1 aromatic rings. The quantitative estimate of drug-likeness (QED) is 0.605. The number of amides is 1. The summed E-state index contributed by atoms with van der Waals surface area (Å²) in [4.78, 5) is 26.8. The van der Waals surface area contributed by atoms with E-state index < -0.39 is 6.04 Å². The number of carbonyl (C=O) groups excluding carboxylic acids is 1. The van der Waals surface area contributed by atoms with Crippen molar-refractivity contribution in [2.24, 2.45) is 5.92 Å². The molecule has 29 heavy (non-hydrogen) atoms. The highest BCUT2D eigenvalue weighted by molar-refractivity contribution is 5.92. The molecule has 1 aliphatic heterocycles. The van der Waals surface area contributed by atoms with Gasteiger partial charge in [-0.1, -0.05) is 6.42 Å². The van der Waals surface area contributed by atoms with Crippen LogP contribution in [0.15, 0.2) is 18.0 Å². The van der Waals surface area contributed by atoms with Crippen molar-refractivity contribution in [2.75, 3.05) is 0 Å². The van der Waals surface area contributed by atoms with Gasteiger partial charge in [0.1, 0.15) is 6.10 Å². The summed E-state index contributed by atoms with van der Waals surface area (Å²) >= 11 is 0. The SMILES string of the molecule is O=C(C1=CCC(C2CCCCC2[N+](=O)[O-])O1)N(C1CC1)C1CCc2[nH]ncc2C1. The highest BCUT2D eigenvalue weighted by Gasteiger charge is 2.45. The Hall–Kier alpha value is -2.38. The summed E-state index contributed by atoms with van der Waals surface area (Å²) in [5.74, 6) is 0.283. The fraction of sp³-hybridized carbons (Fsp3) is 0.714. The second kappa shape index (κ2) is 7.46. The molecule has 1 amide bonds. The van der Waals surface area contributed by atoms with Crippen LogP contribution in [-0.2, 0) is 22.4 Å². The summed E-state index contributed by atoms with van der Waals surface area (Å²) < 4.78 is 6.09. The van der Waals surface area contributed by atoms with E-state index >= 15 is 0 Å². The van der Waals surface area contributed by atoms with Crippen LogP contribution in [0.4, 0.5) is 0 Å². The number of H-pyrrole nitrogens is 1. The Balaban J connectivity index is 1.28. The molecule has 8 heteroatoms. The van der Waals surface area contributed by atoms with E-state index in [9.17, 15) is 14.9 Å². The molecule has 0 aromatic carbocycles. The highest BCUT2D eigenvalue weighted by atomic mass is 16.6. The molecule has 1 N–H and O–H groups in total.